The van der Waals surface area contributed by atoms with Crippen LogP contribution in [0.4, 0.5) is 5.69 Å². The van der Waals surface area contributed by atoms with Crippen LogP contribution in [0.2, 0.25) is 5.02 Å². The molecule has 0 N–H and O–H groups in total. The maximum atomic E-state index is 10.8. The van der Waals surface area contributed by atoms with Gasteiger partial charge in [0, 0.05) is 24.7 Å². The summed E-state index contributed by atoms with van der Waals surface area (Å²) < 4.78 is 0. The topological polar surface area (TPSA) is 20.3 Å². The standard InChI is InChI=1S/C9H9ClNO/c1-7(12)11(2)9-5-3-4-8(10)6-9/h3-6H,1H2,2H3. The Balaban J connectivity index is 2.95. The third kappa shape index (κ3) is 1.98. The highest BCUT2D eigenvalue weighted by atomic mass is 35.5. The van der Waals surface area contributed by atoms with Crippen LogP contribution in [0.1, 0.15) is 0 Å². The van der Waals surface area contributed by atoms with Crippen LogP contribution in [0, 0.1) is 6.92 Å². The molecule has 0 bridgehead atoms. The Morgan fingerprint density at radius 2 is 2.25 bits per heavy atom. The van der Waals surface area contributed by atoms with Gasteiger partial charge in [0.2, 0.25) is 5.91 Å². The zero-order valence-electron chi connectivity index (χ0n) is 6.75. The first-order valence-corrected chi connectivity index (χ1v) is 3.84. The van der Waals surface area contributed by atoms with E-state index < -0.39 is 0 Å². The summed E-state index contributed by atoms with van der Waals surface area (Å²) in [5, 5.41) is 0.612. The minimum atomic E-state index is -0.253. The first-order valence-electron chi connectivity index (χ1n) is 3.46. The highest BCUT2D eigenvalue weighted by molar-refractivity contribution is 6.30. The molecular weight excluding hydrogens is 174 g/mol. The van der Waals surface area contributed by atoms with Gasteiger partial charge in [-0.25, -0.2) is 0 Å². The summed E-state index contributed by atoms with van der Waals surface area (Å²) in [4.78, 5) is 12.3. The Morgan fingerprint density at radius 3 is 2.75 bits per heavy atom. The number of carbonyl (C=O) groups excluding carboxylic acids is 1. The third-order valence-electron chi connectivity index (χ3n) is 1.57. The molecule has 12 heavy (non-hydrogen) atoms. The van der Waals surface area contributed by atoms with Crippen molar-refractivity contribution in [3.05, 3.63) is 36.2 Å². The van der Waals surface area contributed by atoms with Gasteiger partial charge in [-0.1, -0.05) is 17.7 Å². The third-order valence-corrected chi connectivity index (χ3v) is 1.80. The zero-order valence-corrected chi connectivity index (χ0v) is 7.51. The van der Waals surface area contributed by atoms with E-state index in [1.807, 2.05) is 0 Å². The smallest absolute Gasteiger partial charge is 0.227 e. The summed E-state index contributed by atoms with van der Waals surface area (Å²) in [6, 6.07) is 7.06. The van der Waals surface area contributed by atoms with Crippen molar-refractivity contribution in [1.82, 2.24) is 0 Å². The van der Waals surface area contributed by atoms with E-state index in [0.29, 0.717) is 5.02 Å². The number of hydrogen-bond acceptors (Lipinski definition) is 1. The van der Waals surface area contributed by atoms with Gasteiger partial charge in [0.25, 0.3) is 0 Å². The number of amides is 1. The number of hydrogen-bond donors (Lipinski definition) is 0. The second-order valence-corrected chi connectivity index (χ2v) is 2.87. The van der Waals surface area contributed by atoms with Crippen LogP contribution in [0.15, 0.2) is 24.3 Å². The maximum Gasteiger partial charge on any atom is 0.227 e. The number of benzene rings is 1. The molecule has 0 aliphatic carbocycles. The number of halogens is 1. The lowest BCUT2D eigenvalue weighted by molar-refractivity contribution is -0.114. The van der Waals surface area contributed by atoms with Crippen molar-refractivity contribution in [1.29, 1.82) is 0 Å². The Labute approximate surface area is 76.8 Å². The summed E-state index contributed by atoms with van der Waals surface area (Å²) in [7, 11) is 1.65. The summed E-state index contributed by atoms with van der Waals surface area (Å²) in [5.41, 5.74) is 0.752. The first kappa shape index (κ1) is 9.07. The predicted molar refractivity (Wildman–Crippen MR) is 50.2 cm³/mol. The molecule has 3 heteroatoms. The molecule has 0 spiro atoms. The van der Waals surface area contributed by atoms with Crippen LogP contribution in [-0.2, 0) is 4.79 Å². The normalized spacial score (nSPS) is 9.58. The van der Waals surface area contributed by atoms with Crippen molar-refractivity contribution in [2.24, 2.45) is 0 Å². The summed E-state index contributed by atoms with van der Waals surface area (Å²) in [5.74, 6) is -0.253. The van der Waals surface area contributed by atoms with Crippen LogP contribution in [0.5, 0.6) is 0 Å². The van der Waals surface area contributed by atoms with Gasteiger partial charge in [-0.2, -0.15) is 0 Å². The van der Waals surface area contributed by atoms with Crippen LogP contribution in [0.3, 0.4) is 0 Å². The molecular formula is C9H9ClNO. The van der Waals surface area contributed by atoms with Gasteiger partial charge in [0.05, 0.1) is 0 Å². The van der Waals surface area contributed by atoms with Crippen molar-refractivity contribution in [2.75, 3.05) is 11.9 Å². The van der Waals surface area contributed by atoms with Crippen LogP contribution in [-0.4, -0.2) is 13.0 Å². The van der Waals surface area contributed by atoms with Crippen molar-refractivity contribution in [2.45, 2.75) is 0 Å². The maximum absolute atomic E-state index is 10.8. The predicted octanol–water partition coefficient (Wildman–Crippen LogP) is 2.14. The lowest BCUT2D eigenvalue weighted by Gasteiger charge is -2.14. The largest absolute Gasteiger partial charge is 0.315 e. The van der Waals surface area contributed by atoms with E-state index >= 15 is 0 Å². The van der Waals surface area contributed by atoms with Gasteiger partial charge >= 0.3 is 0 Å². The Bertz CT molecular complexity index is 298. The highest BCUT2D eigenvalue weighted by Gasteiger charge is 2.04. The molecule has 1 rings (SSSR count). The monoisotopic (exact) mass is 182 g/mol. The van der Waals surface area contributed by atoms with Gasteiger partial charge in [0.1, 0.15) is 0 Å². The molecule has 0 saturated heterocycles. The fourth-order valence-corrected chi connectivity index (χ4v) is 1.01. The molecule has 0 heterocycles. The van der Waals surface area contributed by atoms with Crippen LogP contribution >= 0.6 is 11.6 Å². The molecule has 0 saturated carbocycles. The van der Waals surface area contributed by atoms with E-state index in [2.05, 4.69) is 6.92 Å². The van der Waals surface area contributed by atoms with E-state index in [4.69, 9.17) is 11.6 Å². The molecule has 0 atom stereocenters. The zero-order chi connectivity index (χ0) is 9.14. The van der Waals surface area contributed by atoms with E-state index in [0.717, 1.165) is 5.69 Å². The van der Waals surface area contributed by atoms with Crippen molar-refractivity contribution < 1.29 is 4.79 Å². The van der Waals surface area contributed by atoms with E-state index in [9.17, 15) is 4.79 Å². The quantitative estimate of drug-likeness (QED) is 0.652. The van der Waals surface area contributed by atoms with Crippen molar-refractivity contribution >= 4 is 23.2 Å². The van der Waals surface area contributed by atoms with Gasteiger partial charge < -0.3 is 4.90 Å². The number of carbonyl (C=O) groups is 1. The Hall–Kier alpha value is -1.02. The van der Waals surface area contributed by atoms with Gasteiger partial charge in [-0.15, -0.1) is 0 Å². The first-order chi connectivity index (χ1) is 5.61. The second-order valence-electron chi connectivity index (χ2n) is 2.43. The van der Waals surface area contributed by atoms with E-state index in [1.165, 1.54) is 4.90 Å². The summed E-state index contributed by atoms with van der Waals surface area (Å²) in [6.45, 7) is 3.29. The van der Waals surface area contributed by atoms with Crippen LogP contribution in [0.25, 0.3) is 0 Å². The van der Waals surface area contributed by atoms with Gasteiger partial charge in [-0.05, 0) is 18.2 Å². The number of rotatable bonds is 1. The molecule has 1 radical (unpaired) electrons. The SMILES string of the molecule is [CH2]C(=O)N(C)c1cccc(Cl)c1. The minimum absolute atomic E-state index is 0.253. The summed E-state index contributed by atoms with van der Waals surface area (Å²) >= 11 is 5.74. The molecule has 0 unspecified atom stereocenters. The molecule has 0 fully saturated rings. The molecule has 1 aromatic carbocycles. The molecule has 0 aliphatic rings. The highest BCUT2D eigenvalue weighted by Crippen LogP contribution is 2.17. The van der Waals surface area contributed by atoms with E-state index in [1.54, 1.807) is 31.3 Å². The molecule has 0 aromatic heterocycles. The fraction of sp³-hybridized carbons (Fsp3) is 0.111. The number of nitrogens with zero attached hydrogens (tertiary/aromatic N) is 1. The van der Waals surface area contributed by atoms with Crippen LogP contribution < -0.4 is 4.90 Å². The summed E-state index contributed by atoms with van der Waals surface area (Å²) in [6.07, 6.45) is 0. The van der Waals surface area contributed by atoms with Crippen molar-refractivity contribution in [3.8, 4) is 0 Å². The minimum Gasteiger partial charge on any atom is -0.315 e. The van der Waals surface area contributed by atoms with Gasteiger partial charge in [-0.3, -0.25) is 4.79 Å². The molecule has 1 amide bonds. The lowest BCUT2D eigenvalue weighted by atomic mass is 10.3. The molecule has 63 valence electrons. The lowest BCUT2D eigenvalue weighted by Crippen LogP contribution is -2.22. The average Bonchev–Trinajstić information content (AvgIpc) is 2.03. The molecule has 1 aromatic rings. The fourth-order valence-electron chi connectivity index (χ4n) is 0.829. The number of anilines is 1. The average molecular weight is 183 g/mol. The molecule has 0 aliphatic heterocycles. The van der Waals surface area contributed by atoms with E-state index in [-0.39, 0.29) is 5.91 Å². The molecule has 2 nitrogen and oxygen atoms in total. The Morgan fingerprint density at radius 1 is 1.58 bits per heavy atom. The van der Waals surface area contributed by atoms with Crippen molar-refractivity contribution in [3.63, 3.8) is 0 Å². The Kier molecular flexibility index (Phi) is 2.71. The second kappa shape index (κ2) is 3.59. The van der Waals surface area contributed by atoms with Gasteiger partial charge in [0.15, 0.2) is 0 Å².